The van der Waals surface area contributed by atoms with Crippen molar-refractivity contribution in [1.29, 1.82) is 0 Å². The fraction of sp³-hybridized carbons (Fsp3) is 0.632. The molecule has 2 fully saturated rings. The van der Waals surface area contributed by atoms with E-state index < -0.39 is 5.60 Å². The SMILES string of the molecule is Cc1nc(Cl)ccc1C(=O)NC12CCC(NC(=O)OC(C)(C)C)(CC1)C2. The highest BCUT2D eigenvalue weighted by molar-refractivity contribution is 6.29. The van der Waals surface area contributed by atoms with Crippen molar-refractivity contribution in [2.24, 2.45) is 0 Å². The second kappa shape index (κ2) is 6.41. The number of carbonyl (C=O) groups is 2. The molecule has 2 N–H and O–H groups in total. The molecule has 142 valence electrons. The number of pyridine rings is 1. The third kappa shape index (κ3) is 3.95. The van der Waals surface area contributed by atoms with E-state index in [0.29, 0.717) is 16.4 Å². The zero-order valence-corrected chi connectivity index (χ0v) is 16.5. The first-order valence-corrected chi connectivity index (χ1v) is 9.36. The van der Waals surface area contributed by atoms with Gasteiger partial charge < -0.3 is 15.4 Å². The standard InChI is InChI=1S/C19H26ClN3O3/c1-12-13(5-6-14(20)21-12)15(24)22-18-7-9-19(11-18,10-8-18)23-16(25)26-17(2,3)4/h5-6H,7-11H2,1-4H3,(H,22,24)(H,23,25). The number of nitrogens with one attached hydrogen (secondary N) is 2. The Balaban J connectivity index is 1.66. The maximum Gasteiger partial charge on any atom is 0.408 e. The van der Waals surface area contributed by atoms with Gasteiger partial charge in [-0.15, -0.1) is 0 Å². The number of ether oxygens (including phenoxy) is 1. The fourth-order valence-corrected chi connectivity index (χ4v) is 4.34. The average molecular weight is 380 g/mol. The molecule has 7 heteroatoms. The van der Waals surface area contributed by atoms with Gasteiger partial charge in [-0.25, -0.2) is 9.78 Å². The first-order valence-electron chi connectivity index (χ1n) is 8.98. The number of fused-ring (bicyclic) bond motifs is 2. The Labute approximate surface area is 159 Å². The molecule has 0 radical (unpaired) electrons. The summed E-state index contributed by atoms with van der Waals surface area (Å²) >= 11 is 5.87. The number of carbonyl (C=O) groups excluding carboxylic acids is 2. The van der Waals surface area contributed by atoms with Crippen molar-refractivity contribution >= 4 is 23.6 Å². The van der Waals surface area contributed by atoms with Crippen LogP contribution in [-0.2, 0) is 4.74 Å². The number of rotatable bonds is 3. The number of hydrogen-bond acceptors (Lipinski definition) is 4. The van der Waals surface area contributed by atoms with Crippen molar-refractivity contribution in [3.05, 3.63) is 28.5 Å². The van der Waals surface area contributed by atoms with Gasteiger partial charge in [0.1, 0.15) is 10.8 Å². The number of amides is 2. The van der Waals surface area contributed by atoms with Gasteiger partial charge in [0.05, 0.1) is 11.3 Å². The molecule has 26 heavy (non-hydrogen) atoms. The van der Waals surface area contributed by atoms with E-state index in [4.69, 9.17) is 16.3 Å². The molecule has 3 rings (SSSR count). The molecule has 2 bridgehead atoms. The van der Waals surface area contributed by atoms with Crippen molar-refractivity contribution in [2.45, 2.75) is 76.5 Å². The van der Waals surface area contributed by atoms with Crippen LogP contribution in [0.15, 0.2) is 12.1 Å². The summed E-state index contributed by atoms with van der Waals surface area (Å²) in [6.45, 7) is 7.32. The molecule has 1 heterocycles. The van der Waals surface area contributed by atoms with E-state index in [1.54, 1.807) is 19.1 Å². The van der Waals surface area contributed by atoms with E-state index in [2.05, 4.69) is 15.6 Å². The van der Waals surface area contributed by atoms with Crippen LogP contribution in [0.2, 0.25) is 5.15 Å². The van der Waals surface area contributed by atoms with Crippen LogP contribution < -0.4 is 10.6 Å². The third-order valence-electron chi connectivity index (χ3n) is 5.28. The summed E-state index contributed by atoms with van der Waals surface area (Å²) in [5, 5.41) is 6.62. The molecule has 6 nitrogen and oxygen atoms in total. The van der Waals surface area contributed by atoms with E-state index in [9.17, 15) is 9.59 Å². The van der Waals surface area contributed by atoms with Crippen LogP contribution in [0, 0.1) is 6.92 Å². The van der Waals surface area contributed by atoms with Gasteiger partial charge in [-0.2, -0.15) is 0 Å². The van der Waals surface area contributed by atoms with Crippen molar-refractivity contribution in [1.82, 2.24) is 15.6 Å². The summed E-state index contributed by atoms with van der Waals surface area (Å²) in [4.78, 5) is 29.1. The van der Waals surface area contributed by atoms with Crippen LogP contribution in [0.5, 0.6) is 0 Å². The Hall–Kier alpha value is -1.82. The minimum absolute atomic E-state index is 0.137. The zero-order chi connectivity index (χ0) is 19.2. The summed E-state index contributed by atoms with van der Waals surface area (Å²) in [6.07, 6.45) is 3.70. The molecule has 0 unspecified atom stereocenters. The molecule has 2 amide bonds. The van der Waals surface area contributed by atoms with Crippen LogP contribution in [0.1, 0.15) is 68.9 Å². The molecule has 2 saturated carbocycles. The topological polar surface area (TPSA) is 80.3 Å². The minimum atomic E-state index is -0.525. The van der Waals surface area contributed by atoms with E-state index in [-0.39, 0.29) is 23.1 Å². The largest absolute Gasteiger partial charge is 0.444 e. The second-order valence-electron chi connectivity index (χ2n) is 8.59. The third-order valence-corrected chi connectivity index (χ3v) is 5.49. The van der Waals surface area contributed by atoms with E-state index >= 15 is 0 Å². The molecule has 1 aromatic heterocycles. The maximum atomic E-state index is 12.7. The van der Waals surface area contributed by atoms with Crippen LogP contribution in [0.3, 0.4) is 0 Å². The molecule has 0 atom stereocenters. The Kier molecular flexibility index (Phi) is 4.67. The van der Waals surface area contributed by atoms with E-state index in [0.717, 1.165) is 32.1 Å². The summed E-state index contributed by atoms with van der Waals surface area (Å²) in [6, 6.07) is 3.32. The monoisotopic (exact) mass is 379 g/mol. The zero-order valence-electron chi connectivity index (χ0n) is 15.7. The molecule has 0 spiro atoms. The molecule has 2 aliphatic carbocycles. The molecule has 0 aliphatic heterocycles. The first-order chi connectivity index (χ1) is 12.0. The molecular formula is C19H26ClN3O3. The van der Waals surface area contributed by atoms with Gasteiger partial charge in [0, 0.05) is 11.1 Å². The number of aryl methyl sites for hydroxylation is 1. The average Bonchev–Trinajstić information content (AvgIpc) is 2.99. The first kappa shape index (κ1) is 19.0. The Morgan fingerprint density at radius 1 is 1.12 bits per heavy atom. The maximum absolute atomic E-state index is 12.7. The molecule has 0 saturated heterocycles. The van der Waals surface area contributed by atoms with Gasteiger partial charge in [-0.05, 0) is 71.9 Å². The quantitative estimate of drug-likeness (QED) is 0.783. The van der Waals surface area contributed by atoms with Gasteiger partial charge in [0.15, 0.2) is 0 Å². The van der Waals surface area contributed by atoms with Gasteiger partial charge in [-0.1, -0.05) is 11.6 Å². The lowest BCUT2D eigenvalue weighted by Gasteiger charge is -2.30. The lowest BCUT2D eigenvalue weighted by atomic mass is 9.91. The van der Waals surface area contributed by atoms with Gasteiger partial charge >= 0.3 is 6.09 Å². The van der Waals surface area contributed by atoms with Gasteiger partial charge in [0.25, 0.3) is 5.91 Å². The predicted octanol–water partition coefficient (Wildman–Crippen LogP) is 3.75. The number of halogens is 1. The summed E-state index contributed by atoms with van der Waals surface area (Å²) in [5.74, 6) is -0.137. The molecule has 2 aliphatic rings. The van der Waals surface area contributed by atoms with Crippen LogP contribution >= 0.6 is 11.6 Å². The van der Waals surface area contributed by atoms with Crippen molar-refractivity contribution < 1.29 is 14.3 Å². The normalized spacial score (nSPS) is 27.3. The van der Waals surface area contributed by atoms with Crippen molar-refractivity contribution in [3.63, 3.8) is 0 Å². The lowest BCUT2D eigenvalue weighted by Crippen LogP contribution is -2.47. The summed E-state index contributed by atoms with van der Waals surface area (Å²) in [7, 11) is 0. The van der Waals surface area contributed by atoms with E-state index in [1.165, 1.54) is 0 Å². The van der Waals surface area contributed by atoms with Gasteiger partial charge in [-0.3, -0.25) is 4.79 Å². The van der Waals surface area contributed by atoms with Gasteiger partial charge in [0.2, 0.25) is 0 Å². The number of aromatic nitrogens is 1. The molecule has 0 aromatic carbocycles. The van der Waals surface area contributed by atoms with Crippen molar-refractivity contribution in [3.8, 4) is 0 Å². The number of nitrogens with zero attached hydrogens (tertiary/aromatic N) is 1. The summed E-state index contributed by atoms with van der Waals surface area (Å²) < 4.78 is 5.40. The minimum Gasteiger partial charge on any atom is -0.444 e. The van der Waals surface area contributed by atoms with Crippen molar-refractivity contribution in [2.75, 3.05) is 0 Å². The molecular weight excluding hydrogens is 354 g/mol. The smallest absolute Gasteiger partial charge is 0.408 e. The summed E-state index contributed by atoms with van der Waals surface area (Å²) in [5.41, 5.74) is 0.0532. The van der Waals surface area contributed by atoms with Crippen LogP contribution in [-0.4, -0.2) is 33.7 Å². The van der Waals surface area contributed by atoms with E-state index in [1.807, 2.05) is 20.8 Å². The highest BCUT2D eigenvalue weighted by Gasteiger charge is 2.56. The highest BCUT2D eigenvalue weighted by Crippen LogP contribution is 2.50. The Morgan fingerprint density at radius 2 is 1.69 bits per heavy atom. The lowest BCUT2D eigenvalue weighted by molar-refractivity contribution is 0.0458. The highest BCUT2D eigenvalue weighted by atomic mass is 35.5. The van der Waals surface area contributed by atoms with Crippen LogP contribution in [0.25, 0.3) is 0 Å². The fourth-order valence-electron chi connectivity index (χ4n) is 4.15. The second-order valence-corrected chi connectivity index (χ2v) is 8.97. The Morgan fingerprint density at radius 3 is 2.23 bits per heavy atom. The molecule has 1 aromatic rings. The Bertz CT molecular complexity index is 734. The number of alkyl carbamates (subject to hydrolysis) is 1. The predicted molar refractivity (Wildman–Crippen MR) is 99.4 cm³/mol. The van der Waals surface area contributed by atoms with Crippen LogP contribution in [0.4, 0.5) is 4.79 Å². The number of hydrogen-bond donors (Lipinski definition) is 2.